The van der Waals surface area contributed by atoms with Crippen molar-refractivity contribution in [3.8, 4) is 5.75 Å². The number of hydrogen-bond donors (Lipinski definition) is 1. The first kappa shape index (κ1) is 14.4. The van der Waals surface area contributed by atoms with Crippen molar-refractivity contribution >= 4 is 5.69 Å². The van der Waals surface area contributed by atoms with Crippen molar-refractivity contribution in [3.63, 3.8) is 0 Å². The van der Waals surface area contributed by atoms with Crippen LogP contribution in [0.4, 0.5) is 5.69 Å². The quantitative estimate of drug-likeness (QED) is 0.846. The molecule has 0 aliphatic carbocycles. The van der Waals surface area contributed by atoms with Crippen molar-refractivity contribution in [3.05, 3.63) is 41.2 Å². The number of ether oxygens (including phenoxy) is 1. The largest absolute Gasteiger partial charge is 0.487 e. The van der Waals surface area contributed by atoms with Crippen molar-refractivity contribution in [2.45, 2.75) is 46.8 Å². The van der Waals surface area contributed by atoms with Crippen LogP contribution in [0.2, 0.25) is 0 Å². The number of benzene rings is 1. The first-order chi connectivity index (χ1) is 9.52. The molecular formula is C16H23N3O. The summed E-state index contributed by atoms with van der Waals surface area (Å²) >= 11 is 0. The average molecular weight is 273 g/mol. The van der Waals surface area contributed by atoms with E-state index in [1.54, 1.807) is 0 Å². The second-order valence-corrected chi connectivity index (χ2v) is 5.26. The summed E-state index contributed by atoms with van der Waals surface area (Å²) in [6.45, 7) is 8.79. The molecule has 1 heterocycles. The molecule has 0 saturated heterocycles. The zero-order chi connectivity index (χ0) is 14.7. The number of aryl methyl sites for hydroxylation is 1. The molecule has 108 valence electrons. The van der Waals surface area contributed by atoms with Crippen molar-refractivity contribution in [2.75, 3.05) is 5.73 Å². The smallest absolute Gasteiger partial charge is 0.132 e. The molecule has 2 N–H and O–H groups in total. The van der Waals surface area contributed by atoms with Crippen LogP contribution in [0.25, 0.3) is 0 Å². The van der Waals surface area contributed by atoms with E-state index in [1.807, 2.05) is 42.9 Å². The van der Waals surface area contributed by atoms with Crippen LogP contribution in [-0.2, 0) is 6.61 Å². The Balaban J connectivity index is 2.09. The van der Waals surface area contributed by atoms with Gasteiger partial charge in [0.1, 0.15) is 12.4 Å². The van der Waals surface area contributed by atoms with Gasteiger partial charge in [-0.05, 0) is 44.9 Å². The molecule has 1 aromatic carbocycles. The van der Waals surface area contributed by atoms with E-state index >= 15 is 0 Å². The van der Waals surface area contributed by atoms with E-state index in [-0.39, 0.29) is 0 Å². The molecular weight excluding hydrogens is 250 g/mol. The Bertz CT molecular complexity index is 589. The molecule has 1 unspecified atom stereocenters. The summed E-state index contributed by atoms with van der Waals surface area (Å²) < 4.78 is 7.89. The molecule has 2 rings (SSSR count). The van der Waals surface area contributed by atoms with Crippen LogP contribution < -0.4 is 10.5 Å². The van der Waals surface area contributed by atoms with Gasteiger partial charge in [-0.15, -0.1) is 0 Å². The monoisotopic (exact) mass is 273 g/mol. The molecule has 0 aliphatic heterocycles. The van der Waals surface area contributed by atoms with Crippen molar-refractivity contribution in [1.82, 2.24) is 9.78 Å². The van der Waals surface area contributed by atoms with E-state index in [0.29, 0.717) is 12.6 Å². The number of nitrogens with zero attached hydrogens (tertiary/aromatic N) is 2. The van der Waals surface area contributed by atoms with Crippen molar-refractivity contribution in [2.24, 2.45) is 0 Å². The molecule has 1 aromatic heterocycles. The zero-order valence-corrected chi connectivity index (χ0v) is 12.7. The zero-order valence-electron chi connectivity index (χ0n) is 12.7. The van der Waals surface area contributed by atoms with Gasteiger partial charge in [0, 0.05) is 23.5 Å². The van der Waals surface area contributed by atoms with Gasteiger partial charge in [-0.1, -0.05) is 13.0 Å². The topological polar surface area (TPSA) is 53.1 Å². The van der Waals surface area contributed by atoms with E-state index in [9.17, 15) is 0 Å². The Hall–Kier alpha value is -1.97. The normalized spacial score (nSPS) is 12.4. The molecule has 1 atom stereocenters. The van der Waals surface area contributed by atoms with Crippen molar-refractivity contribution in [1.29, 1.82) is 0 Å². The molecule has 2 aromatic rings. The molecule has 4 heteroatoms. The number of hydrogen-bond acceptors (Lipinski definition) is 3. The van der Waals surface area contributed by atoms with Gasteiger partial charge in [-0.25, -0.2) is 0 Å². The van der Waals surface area contributed by atoms with Crippen LogP contribution >= 0.6 is 0 Å². The summed E-state index contributed by atoms with van der Waals surface area (Å²) in [5.41, 5.74) is 9.70. The minimum Gasteiger partial charge on any atom is -0.487 e. The van der Waals surface area contributed by atoms with E-state index in [0.717, 1.165) is 34.7 Å². The summed E-state index contributed by atoms with van der Waals surface area (Å²) in [7, 11) is 0. The van der Waals surface area contributed by atoms with E-state index in [4.69, 9.17) is 10.5 Å². The lowest BCUT2D eigenvalue weighted by molar-refractivity contribution is 0.294. The third-order valence-corrected chi connectivity index (χ3v) is 3.72. The third-order valence-electron chi connectivity index (χ3n) is 3.72. The van der Waals surface area contributed by atoms with Gasteiger partial charge >= 0.3 is 0 Å². The summed E-state index contributed by atoms with van der Waals surface area (Å²) in [4.78, 5) is 0. The van der Waals surface area contributed by atoms with Crippen LogP contribution in [0.5, 0.6) is 5.75 Å². The number of rotatable bonds is 5. The molecule has 0 radical (unpaired) electrons. The standard InChI is InChI=1S/C16H23N3O/c1-5-12(3)19-9-8-14(18-19)10-20-16-11(2)6-7-15(17)13(16)4/h6-9,12H,5,10,17H2,1-4H3. The van der Waals surface area contributed by atoms with Crippen molar-refractivity contribution < 1.29 is 4.74 Å². The third kappa shape index (κ3) is 2.95. The SMILES string of the molecule is CCC(C)n1ccc(COc2c(C)ccc(N)c2C)n1. The van der Waals surface area contributed by atoms with Crippen LogP contribution in [0.15, 0.2) is 24.4 Å². The molecule has 20 heavy (non-hydrogen) atoms. The summed E-state index contributed by atoms with van der Waals surface area (Å²) in [5, 5.41) is 4.54. The van der Waals surface area contributed by atoms with Crippen LogP contribution in [0, 0.1) is 13.8 Å². The molecule has 0 aliphatic rings. The lowest BCUT2D eigenvalue weighted by Gasteiger charge is -2.13. The number of nitrogens with two attached hydrogens (primary N) is 1. The highest BCUT2D eigenvalue weighted by molar-refractivity contribution is 5.56. The Morgan fingerprint density at radius 2 is 2.05 bits per heavy atom. The highest BCUT2D eigenvalue weighted by atomic mass is 16.5. The Labute approximate surface area is 120 Å². The fourth-order valence-electron chi connectivity index (χ4n) is 2.10. The predicted molar refractivity (Wildman–Crippen MR) is 81.9 cm³/mol. The molecule has 0 bridgehead atoms. The van der Waals surface area contributed by atoms with Crippen LogP contribution in [0.3, 0.4) is 0 Å². The minimum atomic E-state index is 0.416. The molecule has 0 fully saturated rings. The van der Waals surface area contributed by atoms with Gasteiger partial charge < -0.3 is 10.5 Å². The van der Waals surface area contributed by atoms with E-state index in [1.165, 1.54) is 0 Å². The molecule has 0 spiro atoms. The van der Waals surface area contributed by atoms with E-state index < -0.39 is 0 Å². The Kier molecular flexibility index (Phi) is 4.32. The lowest BCUT2D eigenvalue weighted by atomic mass is 10.1. The lowest BCUT2D eigenvalue weighted by Crippen LogP contribution is -2.06. The Morgan fingerprint density at radius 1 is 1.30 bits per heavy atom. The first-order valence-electron chi connectivity index (χ1n) is 7.05. The maximum absolute atomic E-state index is 5.92. The van der Waals surface area contributed by atoms with E-state index in [2.05, 4.69) is 18.9 Å². The minimum absolute atomic E-state index is 0.416. The van der Waals surface area contributed by atoms with Gasteiger partial charge in [-0.3, -0.25) is 4.68 Å². The number of anilines is 1. The van der Waals surface area contributed by atoms with Gasteiger partial charge in [-0.2, -0.15) is 5.10 Å². The maximum atomic E-state index is 5.92. The molecule has 0 saturated carbocycles. The average Bonchev–Trinajstić information content (AvgIpc) is 2.91. The summed E-state index contributed by atoms with van der Waals surface area (Å²) in [6.07, 6.45) is 3.07. The fraction of sp³-hybridized carbons (Fsp3) is 0.438. The van der Waals surface area contributed by atoms with Gasteiger partial charge in [0.15, 0.2) is 0 Å². The highest BCUT2D eigenvalue weighted by Crippen LogP contribution is 2.28. The predicted octanol–water partition coefficient (Wildman–Crippen LogP) is 3.63. The number of aromatic nitrogens is 2. The Morgan fingerprint density at radius 3 is 2.75 bits per heavy atom. The van der Waals surface area contributed by atoms with Crippen LogP contribution in [-0.4, -0.2) is 9.78 Å². The number of nitrogen functional groups attached to an aromatic ring is 1. The second kappa shape index (κ2) is 5.99. The van der Waals surface area contributed by atoms with Gasteiger partial charge in [0.2, 0.25) is 0 Å². The summed E-state index contributed by atoms with van der Waals surface area (Å²) in [5.74, 6) is 0.864. The van der Waals surface area contributed by atoms with Gasteiger partial charge in [0.05, 0.1) is 5.69 Å². The van der Waals surface area contributed by atoms with Crippen LogP contribution in [0.1, 0.15) is 43.1 Å². The maximum Gasteiger partial charge on any atom is 0.132 e. The fourth-order valence-corrected chi connectivity index (χ4v) is 2.10. The molecule has 0 amide bonds. The second-order valence-electron chi connectivity index (χ2n) is 5.26. The van der Waals surface area contributed by atoms with Gasteiger partial charge in [0.25, 0.3) is 0 Å². The summed E-state index contributed by atoms with van der Waals surface area (Å²) in [6, 6.07) is 6.31. The first-order valence-corrected chi connectivity index (χ1v) is 7.05. The molecule has 4 nitrogen and oxygen atoms in total. The highest BCUT2D eigenvalue weighted by Gasteiger charge is 2.09.